The summed E-state index contributed by atoms with van der Waals surface area (Å²) in [4.78, 5) is 4.34. The third-order valence-corrected chi connectivity index (χ3v) is 4.59. The van der Waals surface area contributed by atoms with Gasteiger partial charge < -0.3 is 10.5 Å². The van der Waals surface area contributed by atoms with Crippen molar-refractivity contribution in [2.45, 2.75) is 32.6 Å². The number of benzene rings is 1. The van der Waals surface area contributed by atoms with E-state index in [9.17, 15) is 0 Å². The van der Waals surface area contributed by atoms with Crippen molar-refractivity contribution in [2.75, 3.05) is 6.54 Å². The molecule has 5 nitrogen and oxygen atoms in total. The molecule has 2 N–H and O–H groups in total. The van der Waals surface area contributed by atoms with Crippen molar-refractivity contribution in [3.8, 4) is 11.6 Å². The minimum absolute atomic E-state index is 0.485. The first-order valence-electron chi connectivity index (χ1n) is 8.38. The minimum atomic E-state index is 0.485. The second-order valence-electron chi connectivity index (χ2n) is 6.50. The minimum Gasteiger partial charge on any atom is -0.439 e. The van der Waals surface area contributed by atoms with Crippen LogP contribution < -0.4 is 10.5 Å². The average molecular weight is 359 g/mol. The Kier molecular flexibility index (Phi) is 5.25. The molecule has 1 saturated carbocycles. The predicted octanol–water partition coefficient (Wildman–Crippen LogP) is 4.33. The van der Waals surface area contributed by atoms with Gasteiger partial charge in [-0.15, -0.1) is 0 Å². The SMILES string of the molecule is C/C(=C\N=C\c1cc(C)c(Cl)cc1Oc1cc(C2CC2)nn1C)CN. The van der Waals surface area contributed by atoms with E-state index in [2.05, 4.69) is 10.1 Å². The Hall–Kier alpha value is -2.11. The van der Waals surface area contributed by atoms with Gasteiger partial charge in [0.1, 0.15) is 5.75 Å². The van der Waals surface area contributed by atoms with Gasteiger partial charge in [-0.1, -0.05) is 11.6 Å². The highest BCUT2D eigenvalue weighted by molar-refractivity contribution is 6.31. The highest BCUT2D eigenvalue weighted by Crippen LogP contribution is 2.41. The van der Waals surface area contributed by atoms with E-state index in [1.807, 2.05) is 39.1 Å². The van der Waals surface area contributed by atoms with E-state index in [0.717, 1.165) is 22.4 Å². The lowest BCUT2D eigenvalue weighted by Crippen LogP contribution is -1.99. The Morgan fingerprint density at radius 2 is 2.20 bits per heavy atom. The third-order valence-electron chi connectivity index (χ3n) is 4.19. The van der Waals surface area contributed by atoms with Crippen LogP contribution in [0.1, 0.15) is 42.5 Å². The van der Waals surface area contributed by atoms with Gasteiger partial charge in [0, 0.05) is 54.6 Å². The molecular weight excluding hydrogens is 336 g/mol. The van der Waals surface area contributed by atoms with Crippen LogP contribution in [0.3, 0.4) is 0 Å². The van der Waals surface area contributed by atoms with Crippen molar-refractivity contribution in [1.82, 2.24) is 9.78 Å². The molecule has 1 heterocycles. The Balaban J connectivity index is 1.90. The molecule has 0 radical (unpaired) electrons. The number of aryl methyl sites for hydroxylation is 2. The zero-order valence-electron chi connectivity index (χ0n) is 14.8. The molecule has 132 valence electrons. The van der Waals surface area contributed by atoms with Crippen molar-refractivity contribution in [1.29, 1.82) is 0 Å². The molecule has 0 saturated heterocycles. The van der Waals surface area contributed by atoms with Crippen LogP contribution in [0.4, 0.5) is 0 Å². The molecule has 3 rings (SSSR count). The summed E-state index contributed by atoms with van der Waals surface area (Å²) < 4.78 is 7.86. The maximum atomic E-state index is 6.29. The summed E-state index contributed by atoms with van der Waals surface area (Å²) in [5.41, 5.74) is 9.51. The largest absolute Gasteiger partial charge is 0.439 e. The first-order chi connectivity index (χ1) is 12.0. The molecule has 2 aromatic rings. The van der Waals surface area contributed by atoms with Crippen LogP contribution in [0.2, 0.25) is 5.02 Å². The van der Waals surface area contributed by atoms with Crippen LogP contribution in [0.25, 0.3) is 0 Å². The molecule has 1 aromatic heterocycles. The highest BCUT2D eigenvalue weighted by Gasteiger charge is 2.27. The first-order valence-corrected chi connectivity index (χ1v) is 8.76. The number of hydrogen-bond donors (Lipinski definition) is 1. The van der Waals surface area contributed by atoms with Gasteiger partial charge in [0.2, 0.25) is 5.88 Å². The molecule has 1 aromatic carbocycles. The van der Waals surface area contributed by atoms with Gasteiger partial charge in [0.15, 0.2) is 0 Å². The quantitative estimate of drug-likeness (QED) is 0.781. The molecule has 1 aliphatic rings. The van der Waals surface area contributed by atoms with E-state index in [1.165, 1.54) is 12.8 Å². The van der Waals surface area contributed by atoms with Crippen LogP contribution >= 0.6 is 11.6 Å². The number of halogens is 1. The second-order valence-corrected chi connectivity index (χ2v) is 6.91. The number of rotatable bonds is 6. The maximum absolute atomic E-state index is 6.29. The summed E-state index contributed by atoms with van der Waals surface area (Å²) in [7, 11) is 1.89. The molecule has 0 atom stereocenters. The van der Waals surface area contributed by atoms with Crippen LogP contribution in [0.15, 0.2) is 35.0 Å². The van der Waals surface area contributed by atoms with Gasteiger partial charge in [0.25, 0.3) is 0 Å². The summed E-state index contributed by atoms with van der Waals surface area (Å²) in [6.45, 7) is 4.38. The molecule has 0 unspecified atom stereocenters. The van der Waals surface area contributed by atoms with Crippen molar-refractivity contribution >= 4 is 17.8 Å². The number of aliphatic imine (C=N–C) groups is 1. The van der Waals surface area contributed by atoms with Gasteiger partial charge in [0.05, 0.1) is 5.69 Å². The Bertz CT molecular complexity index is 834. The molecule has 0 aliphatic heterocycles. The molecular formula is C19H23ClN4O. The average Bonchev–Trinajstić information content (AvgIpc) is 3.36. The van der Waals surface area contributed by atoms with Gasteiger partial charge in [-0.3, -0.25) is 4.99 Å². The number of nitrogens with zero attached hydrogens (tertiary/aromatic N) is 3. The summed E-state index contributed by atoms with van der Waals surface area (Å²) in [5, 5.41) is 5.19. The number of hydrogen-bond acceptors (Lipinski definition) is 4. The maximum Gasteiger partial charge on any atom is 0.217 e. The molecule has 25 heavy (non-hydrogen) atoms. The summed E-state index contributed by atoms with van der Waals surface area (Å²) in [5.74, 6) is 1.93. The molecule has 0 spiro atoms. The number of ether oxygens (including phenoxy) is 1. The molecule has 0 amide bonds. The zero-order chi connectivity index (χ0) is 18.0. The second kappa shape index (κ2) is 7.42. The lowest BCUT2D eigenvalue weighted by Gasteiger charge is -2.10. The van der Waals surface area contributed by atoms with E-state index < -0.39 is 0 Å². The van der Waals surface area contributed by atoms with E-state index in [0.29, 0.717) is 29.1 Å². The van der Waals surface area contributed by atoms with Crippen LogP contribution in [0, 0.1) is 6.92 Å². The van der Waals surface area contributed by atoms with E-state index in [4.69, 9.17) is 22.1 Å². The number of aromatic nitrogens is 2. The van der Waals surface area contributed by atoms with Crippen LogP contribution in [-0.4, -0.2) is 22.5 Å². The van der Waals surface area contributed by atoms with Crippen molar-refractivity contribution < 1.29 is 4.74 Å². The predicted molar refractivity (Wildman–Crippen MR) is 102 cm³/mol. The van der Waals surface area contributed by atoms with Gasteiger partial charge in [-0.2, -0.15) is 5.10 Å². The normalized spacial score (nSPS) is 15.2. The monoisotopic (exact) mass is 358 g/mol. The topological polar surface area (TPSA) is 65.4 Å². The van der Waals surface area contributed by atoms with Gasteiger partial charge >= 0.3 is 0 Å². The Morgan fingerprint density at radius 1 is 1.44 bits per heavy atom. The first kappa shape index (κ1) is 17.7. The highest BCUT2D eigenvalue weighted by atomic mass is 35.5. The van der Waals surface area contributed by atoms with Crippen molar-refractivity contribution in [2.24, 2.45) is 17.8 Å². The molecule has 1 aliphatic carbocycles. The standard InChI is InChI=1S/C19H23ClN4O/c1-12(9-21)10-22-11-15-6-13(2)16(20)7-18(15)25-19-8-17(14-4-5-14)23-24(19)3/h6-8,10-11,14H,4-5,9,21H2,1-3H3/b12-10+,22-11+. The zero-order valence-corrected chi connectivity index (χ0v) is 15.5. The van der Waals surface area contributed by atoms with Crippen molar-refractivity contribution in [3.63, 3.8) is 0 Å². The lowest BCUT2D eigenvalue weighted by atomic mass is 10.1. The summed E-state index contributed by atoms with van der Waals surface area (Å²) >= 11 is 6.29. The van der Waals surface area contributed by atoms with Crippen LogP contribution in [-0.2, 0) is 7.05 Å². The Labute approximate surface area is 153 Å². The number of nitrogens with two attached hydrogens (primary N) is 1. The fraction of sp³-hybridized carbons (Fsp3) is 0.368. The molecule has 1 fully saturated rings. The van der Waals surface area contributed by atoms with Crippen LogP contribution in [0.5, 0.6) is 11.6 Å². The van der Waals surface area contributed by atoms with E-state index in [1.54, 1.807) is 17.1 Å². The van der Waals surface area contributed by atoms with E-state index >= 15 is 0 Å². The van der Waals surface area contributed by atoms with E-state index in [-0.39, 0.29) is 0 Å². The fourth-order valence-electron chi connectivity index (χ4n) is 2.43. The summed E-state index contributed by atoms with van der Waals surface area (Å²) in [6.07, 6.45) is 5.92. The van der Waals surface area contributed by atoms with Gasteiger partial charge in [-0.25, -0.2) is 4.68 Å². The third kappa shape index (κ3) is 4.30. The van der Waals surface area contributed by atoms with Crippen molar-refractivity contribution in [3.05, 3.63) is 51.8 Å². The fourth-order valence-corrected chi connectivity index (χ4v) is 2.58. The lowest BCUT2D eigenvalue weighted by molar-refractivity contribution is 0.430. The smallest absolute Gasteiger partial charge is 0.217 e. The Morgan fingerprint density at radius 3 is 2.88 bits per heavy atom. The molecule has 0 bridgehead atoms. The van der Waals surface area contributed by atoms with Gasteiger partial charge in [-0.05, 0) is 43.9 Å². The summed E-state index contributed by atoms with van der Waals surface area (Å²) in [6, 6.07) is 5.79. The molecule has 6 heteroatoms.